The van der Waals surface area contributed by atoms with Crippen molar-refractivity contribution >= 4 is 0 Å². The Kier molecular flexibility index (Phi) is 6.24. The fraction of sp³-hybridized carbons (Fsp3) is 0.200. The third-order valence-electron chi connectivity index (χ3n) is 7.71. The molecule has 0 aliphatic carbocycles. The van der Waals surface area contributed by atoms with Crippen LogP contribution >= 0.6 is 0 Å². The van der Waals surface area contributed by atoms with Crippen LogP contribution in [0.4, 0.5) is 0 Å². The van der Waals surface area contributed by atoms with Gasteiger partial charge in [-0.15, -0.1) is 0 Å². The van der Waals surface area contributed by atoms with Gasteiger partial charge < -0.3 is 60.5 Å². The van der Waals surface area contributed by atoms with Crippen LogP contribution in [-0.2, 0) is 6.42 Å². The van der Waals surface area contributed by atoms with E-state index < -0.39 is 70.6 Å². The molecule has 0 fully saturated rings. The number of hydrogen-bond donors (Lipinski definition) is 10. The van der Waals surface area contributed by atoms with E-state index in [0.717, 1.165) is 12.1 Å². The van der Waals surface area contributed by atoms with Gasteiger partial charge in [0.2, 0.25) is 0 Å². The second-order valence-corrected chi connectivity index (χ2v) is 10.3. The van der Waals surface area contributed by atoms with Crippen molar-refractivity contribution in [2.24, 2.45) is 0 Å². The predicted molar refractivity (Wildman–Crippen MR) is 143 cm³/mol. The first-order valence-corrected chi connectivity index (χ1v) is 12.8. The van der Waals surface area contributed by atoms with E-state index in [1.165, 1.54) is 42.5 Å². The van der Waals surface area contributed by atoms with E-state index in [9.17, 15) is 51.1 Å². The Morgan fingerprint density at radius 1 is 0.548 bits per heavy atom. The van der Waals surface area contributed by atoms with Gasteiger partial charge in [0, 0.05) is 35.2 Å². The third kappa shape index (κ3) is 4.24. The average molecular weight is 579 g/mol. The number of benzene rings is 4. The molecular formula is C30H26O12. The maximum Gasteiger partial charge on any atom is 0.161 e. The molecule has 42 heavy (non-hydrogen) atoms. The van der Waals surface area contributed by atoms with Crippen LogP contribution in [0.15, 0.2) is 54.6 Å². The van der Waals surface area contributed by atoms with Gasteiger partial charge in [0.15, 0.2) is 40.6 Å². The molecule has 2 aliphatic heterocycles. The Hall–Kier alpha value is -5.20. The van der Waals surface area contributed by atoms with Crippen LogP contribution in [0.3, 0.4) is 0 Å². The number of aliphatic hydroxyl groups is 2. The molecule has 218 valence electrons. The highest BCUT2D eigenvalue weighted by atomic mass is 16.5. The minimum Gasteiger partial charge on any atom is -0.507 e. The number of ether oxygens (including phenoxy) is 2. The minimum atomic E-state index is -1.55. The van der Waals surface area contributed by atoms with Gasteiger partial charge in [-0.2, -0.15) is 0 Å². The Labute approximate surface area is 237 Å². The largest absolute Gasteiger partial charge is 0.507 e. The number of phenols is 8. The van der Waals surface area contributed by atoms with Crippen LogP contribution in [0.2, 0.25) is 0 Å². The summed E-state index contributed by atoms with van der Waals surface area (Å²) in [7, 11) is 0. The molecule has 0 amide bonds. The smallest absolute Gasteiger partial charge is 0.161 e. The molecule has 0 aromatic heterocycles. The lowest BCUT2D eigenvalue weighted by atomic mass is 9.78. The molecule has 0 saturated carbocycles. The van der Waals surface area contributed by atoms with Crippen molar-refractivity contribution in [3.63, 3.8) is 0 Å². The molecule has 5 atom stereocenters. The summed E-state index contributed by atoms with van der Waals surface area (Å²) in [6, 6.07) is 11.1. The Balaban J connectivity index is 1.47. The number of hydrogen-bond acceptors (Lipinski definition) is 12. The molecule has 0 radical (unpaired) electrons. The number of aromatic hydroxyl groups is 8. The van der Waals surface area contributed by atoms with Gasteiger partial charge in [-0.1, -0.05) is 12.1 Å². The van der Waals surface area contributed by atoms with Gasteiger partial charge in [-0.05, 0) is 41.5 Å². The van der Waals surface area contributed by atoms with Crippen molar-refractivity contribution in [1.82, 2.24) is 0 Å². The predicted octanol–water partition coefficient (Wildman–Crippen LogP) is 3.00. The molecule has 0 spiro atoms. The summed E-state index contributed by atoms with van der Waals surface area (Å²) < 4.78 is 11.8. The van der Waals surface area contributed by atoms with E-state index in [1.807, 2.05) is 0 Å². The standard InChI is InChI=1S/C30H26O12/c31-15-3-1-11(5-17(15)33)29-22(38)8-14-24(41-29)10-21(37)26(27(14)39)25-13-7-19(35)20(36)9-23(13)42-30(28(25)40)12-2-4-16(32)18(34)6-12/h1-7,9-10,22,25,28-40H,8H2/t22-,25+,28+,29-,30-/m1/s1. The minimum absolute atomic E-state index is 0.00169. The molecule has 12 heteroatoms. The SMILES string of the molecule is Oc1ccc([C@H]2Oc3cc(O)c(O)cc3[C@@H](c3c(O)cc4c(c3O)C[C@@H](O)[C@@H](c3ccc(O)c(O)c3)O4)[C@@H]2O)cc1O. The summed E-state index contributed by atoms with van der Waals surface area (Å²) in [6.07, 6.45) is -5.20. The molecule has 2 heterocycles. The second kappa shape index (κ2) is 9.72. The summed E-state index contributed by atoms with van der Waals surface area (Å²) >= 11 is 0. The zero-order valence-corrected chi connectivity index (χ0v) is 21.6. The maximum atomic E-state index is 11.6. The monoisotopic (exact) mass is 578 g/mol. The molecule has 0 saturated heterocycles. The summed E-state index contributed by atoms with van der Waals surface area (Å²) in [5.74, 6) is -5.02. The molecular weight excluding hydrogens is 552 g/mol. The van der Waals surface area contributed by atoms with Crippen molar-refractivity contribution in [1.29, 1.82) is 0 Å². The van der Waals surface area contributed by atoms with Crippen molar-refractivity contribution in [2.45, 2.75) is 36.8 Å². The zero-order valence-electron chi connectivity index (χ0n) is 21.6. The van der Waals surface area contributed by atoms with Crippen LogP contribution in [0.5, 0.6) is 57.5 Å². The van der Waals surface area contributed by atoms with E-state index in [4.69, 9.17) is 9.47 Å². The lowest BCUT2D eigenvalue weighted by molar-refractivity contribution is 0.00647. The lowest BCUT2D eigenvalue weighted by Crippen LogP contribution is -2.35. The van der Waals surface area contributed by atoms with Gasteiger partial charge >= 0.3 is 0 Å². The Bertz CT molecular complexity index is 1720. The van der Waals surface area contributed by atoms with Crippen molar-refractivity contribution in [2.75, 3.05) is 0 Å². The fourth-order valence-corrected chi connectivity index (χ4v) is 5.63. The molecule has 12 nitrogen and oxygen atoms in total. The summed E-state index contributed by atoms with van der Waals surface area (Å²) in [5.41, 5.74) is 0.585. The number of aliphatic hydroxyl groups excluding tert-OH is 2. The molecule has 10 N–H and O–H groups in total. The van der Waals surface area contributed by atoms with E-state index >= 15 is 0 Å². The van der Waals surface area contributed by atoms with E-state index in [2.05, 4.69) is 0 Å². The number of rotatable bonds is 3. The van der Waals surface area contributed by atoms with Gasteiger partial charge in [-0.25, -0.2) is 0 Å². The molecule has 0 unspecified atom stereocenters. The molecule has 2 aliphatic rings. The summed E-state index contributed by atoms with van der Waals surface area (Å²) in [5, 5.41) is 105. The normalized spacial score (nSPS) is 22.9. The highest BCUT2D eigenvalue weighted by Gasteiger charge is 2.44. The first-order chi connectivity index (χ1) is 19.9. The van der Waals surface area contributed by atoms with Crippen molar-refractivity contribution in [3.8, 4) is 57.5 Å². The first-order valence-electron chi connectivity index (χ1n) is 12.8. The quantitative estimate of drug-likeness (QED) is 0.159. The van der Waals surface area contributed by atoms with Gasteiger partial charge in [0.25, 0.3) is 0 Å². The van der Waals surface area contributed by atoms with E-state index in [-0.39, 0.29) is 45.9 Å². The highest BCUT2D eigenvalue weighted by Crippen LogP contribution is 2.55. The molecule has 4 aromatic rings. The Morgan fingerprint density at radius 3 is 1.69 bits per heavy atom. The van der Waals surface area contributed by atoms with Crippen LogP contribution in [-0.4, -0.2) is 63.3 Å². The van der Waals surface area contributed by atoms with Crippen molar-refractivity contribution in [3.05, 3.63) is 82.4 Å². The second-order valence-electron chi connectivity index (χ2n) is 10.3. The molecule has 0 bridgehead atoms. The highest BCUT2D eigenvalue weighted by molar-refractivity contribution is 5.64. The van der Waals surface area contributed by atoms with E-state index in [1.54, 1.807) is 0 Å². The number of phenolic OH excluding ortho intramolecular Hbond substituents is 8. The third-order valence-corrected chi connectivity index (χ3v) is 7.71. The summed E-state index contributed by atoms with van der Waals surface area (Å²) in [6.45, 7) is 0. The van der Waals surface area contributed by atoms with Crippen LogP contribution in [0.1, 0.15) is 45.9 Å². The number of fused-ring (bicyclic) bond motifs is 2. The van der Waals surface area contributed by atoms with Gasteiger partial charge in [-0.3, -0.25) is 0 Å². The van der Waals surface area contributed by atoms with E-state index in [0.29, 0.717) is 5.56 Å². The molecule has 6 rings (SSSR count). The maximum absolute atomic E-state index is 11.6. The van der Waals surface area contributed by atoms with Crippen LogP contribution < -0.4 is 9.47 Å². The Morgan fingerprint density at radius 2 is 1.07 bits per heavy atom. The van der Waals surface area contributed by atoms with Crippen LogP contribution in [0, 0.1) is 0 Å². The average Bonchev–Trinajstić information content (AvgIpc) is 2.94. The molecule has 4 aromatic carbocycles. The fourth-order valence-electron chi connectivity index (χ4n) is 5.63. The lowest BCUT2D eigenvalue weighted by Gasteiger charge is -2.39. The first kappa shape index (κ1) is 27.0. The van der Waals surface area contributed by atoms with Gasteiger partial charge in [0.1, 0.15) is 35.2 Å². The van der Waals surface area contributed by atoms with Gasteiger partial charge in [0.05, 0.1) is 12.0 Å². The van der Waals surface area contributed by atoms with Crippen LogP contribution in [0.25, 0.3) is 0 Å². The summed E-state index contributed by atoms with van der Waals surface area (Å²) in [4.78, 5) is 0. The van der Waals surface area contributed by atoms with Crippen molar-refractivity contribution < 1.29 is 60.5 Å². The zero-order chi connectivity index (χ0) is 30.0. The topological polar surface area (TPSA) is 221 Å².